The van der Waals surface area contributed by atoms with Gasteiger partial charge in [-0.1, -0.05) is 17.7 Å². The van der Waals surface area contributed by atoms with Crippen LogP contribution >= 0.6 is 11.6 Å². The molecule has 106 valence electrons. The summed E-state index contributed by atoms with van der Waals surface area (Å²) in [5.41, 5.74) is 0.721. The van der Waals surface area contributed by atoms with Gasteiger partial charge >= 0.3 is 0 Å². The van der Waals surface area contributed by atoms with Crippen LogP contribution in [0, 0.1) is 6.92 Å². The maximum atomic E-state index is 12.2. The molecule has 0 aliphatic heterocycles. The van der Waals surface area contributed by atoms with Gasteiger partial charge in [-0.2, -0.15) is 0 Å². The number of hydrogen-bond acceptors (Lipinski definition) is 4. The molecule has 0 aliphatic rings. The van der Waals surface area contributed by atoms with Crippen LogP contribution in [-0.2, 0) is 10.0 Å². The first kappa shape index (κ1) is 14.6. The number of pyridine rings is 1. The van der Waals surface area contributed by atoms with Gasteiger partial charge in [0.1, 0.15) is 11.6 Å². The second kappa shape index (κ2) is 5.68. The number of aromatic nitrogens is 1. The molecule has 20 heavy (non-hydrogen) atoms. The monoisotopic (exact) mass is 312 g/mol. The summed E-state index contributed by atoms with van der Waals surface area (Å²) >= 11 is 5.87. The lowest BCUT2D eigenvalue weighted by Gasteiger charge is -2.09. The summed E-state index contributed by atoms with van der Waals surface area (Å²) in [5.74, 6) is 0.561. The Balaban J connectivity index is 2.35. The Hall–Kier alpha value is -1.79. The molecular weight excluding hydrogens is 300 g/mol. The number of rotatable bonds is 4. The number of benzene rings is 1. The van der Waals surface area contributed by atoms with E-state index in [0.29, 0.717) is 10.8 Å². The van der Waals surface area contributed by atoms with E-state index in [2.05, 4.69) is 9.71 Å². The summed E-state index contributed by atoms with van der Waals surface area (Å²) in [4.78, 5) is 4.15. The number of aryl methyl sites for hydroxylation is 1. The van der Waals surface area contributed by atoms with E-state index in [1.165, 1.54) is 25.3 Å². The Morgan fingerprint density at radius 3 is 2.65 bits per heavy atom. The number of sulfonamides is 1. The minimum absolute atomic E-state index is 0.0575. The van der Waals surface area contributed by atoms with E-state index < -0.39 is 10.0 Å². The molecule has 0 fully saturated rings. The van der Waals surface area contributed by atoms with Crippen molar-refractivity contribution < 1.29 is 13.2 Å². The summed E-state index contributed by atoms with van der Waals surface area (Å²) in [6.07, 6.45) is 0. The molecule has 0 unspecified atom stereocenters. The van der Waals surface area contributed by atoms with Gasteiger partial charge in [0, 0.05) is 11.8 Å². The Morgan fingerprint density at radius 1 is 1.25 bits per heavy atom. The zero-order valence-corrected chi connectivity index (χ0v) is 12.5. The Morgan fingerprint density at radius 2 is 2.00 bits per heavy atom. The molecule has 2 rings (SSSR count). The number of nitrogens with zero attached hydrogens (tertiary/aromatic N) is 1. The SMILES string of the molecule is COc1cc(S(=O)(=O)Nc2cccc(C)n2)ccc1Cl. The first-order valence-electron chi connectivity index (χ1n) is 5.72. The van der Waals surface area contributed by atoms with Crippen LogP contribution in [0.15, 0.2) is 41.3 Å². The predicted octanol–water partition coefficient (Wildman–Crippen LogP) is 2.85. The quantitative estimate of drug-likeness (QED) is 0.942. The van der Waals surface area contributed by atoms with Crippen molar-refractivity contribution in [1.82, 2.24) is 4.98 Å². The molecule has 0 amide bonds. The highest BCUT2D eigenvalue weighted by molar-refractivity contribution is 7.92. The normalized spacial score (nSPS) is 11.2. The third-order valence-corrected chi connectivity index (χ3v) is 4.22. The second-order valence-electron chi connectivity index (χ2n) is 4.07. The van der Waals surface area contributed by atoms with E-state index in [9.17, 15) is 8.42 Å². The molecule has 7 heteroatoms. The zero-order chi connectivity index (χ0) is 14.8. The van der Waals surface area contributed by atoms with Gasteiger partial charge in [-0.3, -0.25) is 4.72 Å². The molecule has 1 N–H and O–H groups in total. The van der Waals surface area contributed by atoms with Gasteiger partial charge in [-0.15, -0.1) is 0 Å². The number of hydrogen-bond donors (Lipinski definition) is 1. The van der Waals surface area contributed by atoms with Gasteiger partial charge in [-0.25, -0.2) is 13.4 Å². The van der Waals surface area contributed by atoms with Crippen molar-refractivity contribution in [2.75, 3.05) is 11.8 Å². The van der Waals surface area contributed by atoms with Crippen LogP contribution in [0.2, 0.25) is 5.02 Å². The fourth-order valence-corrected chi connectivity index (χ4v) is 2.81. The first-order valence-corrected chi connectivity index (χ1v) is 7.58. The number of nitrogens with one attached hydrogen (secondary N) is 1. The lowest BCUT2D eigenvalue weighted by atomic mass is 10.3. The molecular formula is C13H13ClN2O3S. The van der Waals surface area contributed by atoms with E-state index in [-0.39, 0.29) is 10.7 Å². The Bertz CT molecular complexity index is 732. The van der Waals surface area contributed by atoms with Crippen molar-refractivity contribution in [3.63, 3.8) is 0 Å². The van der Waals surface area contributed by atoms with E-state index in [1.807, 2.05) is 0 Å². The topological polar surface area (TPSA) is 68.3 Å². The molecule has 1 aromatic carbocycles. The largest absolute Gasteiger partial charge is 0.495 e. The van der Waals surface area contributed by atoms with Crippen molar-refractivity contribution in [1.29, 1.82) is 0 Å². The van der Waals surface area contributed by atoms with Crippen LogP contribution in [-0.4, -0.2) is 20.5 Å². The number of anilines is 1. The van der Waals surface area contributed by atoms with Crippen LogP contribution < -0.4 is 9.46 Å². The zero-order valence-electron chi connectivity index (χ0n) is 10.9. The smallest absolute Gasteiger partial charge is 0.263 e. The molecule has 1 aromatic heterocycles. The molecule has 0 saturated heterocycles. The van der Waals surface area contributed by atoms with Crippen molar-refractivity contribution in [3.8, 4) is 5.75 Å². The van der Waals surface area contributed by atoms with E-state index in [0.717, 1.165) is 5.69 Å². The highest BCUT2D eigenvalue weighted by Gasteiger charge is 2.17. The summed E-state index contributed by atoms with van der Waals surface area (Å²) in [6.45, 7) is 1.78. The molecule has 0 saturated carbocycles. The molecule has 0 spiro atoms. The number of ether oxygens (including phenoxy) is 1. The average molecular weight is 313 g/mol. The highest BCUT2D eigenvalue weighted by Crippen LogP contribution is 2.27. The molecule has 0 aliphatic carbocycles. The van der Waals surface area contributed by atoms with Crippen molar-refractivity contribution in [2.45, 2.75) is 11.8 Å². The Kier molecular flexibility index (Phi) is 4.15. The van der Waals surface area contributed by atoms with Crippen LogP contribution in [0.5, 0.6) is 5.75 Å². The molecule has 0 bridgehead atoms. The fraction of sp³-hybridized carbons (Fsp3) is 0.154. The third kappa shape index (κ3) is 3.20. The van der Waals surface area contributed by atoms with Crippen molar-refractivity contribution in [2.24, 2.45) is 0 Å². The van der Waals surface area contributed by atoms with Gasteiger partial charge in [0.2, 0.25) is 0 Å². The van der Waals surface area contributed by atoms with Gasteiger partial charge in [0.15, 0.2) is 0 Å². The minimum Gasteiger partial charge on any atom is -0.495 e. The maximum Gasteiger partial charge on any atom is 0.263 e. The van der Waals surface area contributed by atoms with Gasteiger partial charge in [0.25, 0.3) is 10.0 Å². The molecule has 2 aromatic rings. The molecule has 5 nitrogen and oxygen atoms in total. The van der Waals surface area contributed by atoms with Crippen molar-refractivity contribution in [3.05, 3.63) is 47.1 Å². The second-order valence-corrected chi connectivity index (χ2v) is 6.16. The summed E-state index contributed by atoms with van der Waals surface area (Å²) in [6, 6.07) is 9.32. The van der Waals surface area contributed by atoms with Crippen LogP contribution in [0.1, 0.15) is 5.69 Å². The molecule has 1 heterocycles. The lowest BCUT2D eigenvalue weighted by molar-refractivity contribution is 0.413. The minimum atomic E-state index is -3.73. The first-order chi connectivity index (χ1) is 9.42. The van der Waals surface area contributed by atoms with Gasteiger partial charge in [0.05, 0.1) is 17.0 Å². The fourth-order valence-electron chi connectivity index (χ4n) is 1.60. The van der Waals surface area contributed by atoms with Crippen LogP contribution in [0.3, 0.4) is 0 Å². The van der Waals surface area contributed by atoms with Gasteiger partial charge < -0.3 is 4.74 Å². The van der Waals surface area contributed by atoms with Gasteiger partial charge in [-0.05, 0) is 31.2 Å². The molecule has 0 radical (unpaired) electrons. The highest BCUT2D eigenvalue weighted by atomic mass is 35.5. The van der Waals surface area contributed by atoms with Crippen molar-refractivity contribution >= 4 is 27.4 Å². The third-order valence-electron chi connectivity index (χ3n) is 2.56. The summed E-state index contributed by atoms with van der Waals surface area (Å²) < 4.78 is 31.9. The summed E-state index contributed by atoms with van der Waals surface area (Å²) in [7, 11) is -2.31. The van der Waals surface area contributed by atoms with Crippen LogP contribution in [0.4, 0.5) is 5.82 Å². The Labute approximate surface area is 122 Å². The average Bonchev–Trinajstić information content (AvgIpc) is 2.38. The maximum absolute atomic E-state index is 12.2. The standard InChI is InChI=1S/C13H13ClN2O3S/c1-9-4-3-5-13(15-9)16-20(17,18)10-6-7-11(14)12(8-10)19-2/h3-8H,1-2H3,(H,15,16). The van der Waals surface area contributed by atoms with E-state index in [1.54, 1.807) is 25.1 Å². The molecule has 0 atom stereocenters. The van der Waals surface area contributed by atoms with E-state index in [4.69, 9.17) is 16.3 Å². The number of halogens is 1. The van der Waals surface area contributed by atoms with Crippen LogP contribution in [0.25, 0.3) is 0 Å². The number of methoxy groups -OCH3 is 1. The summed E-state index contributed by atoms with van der Waals surface area (Å²) in [5, 5.41) is 0.347. The van der Waals surface area contributed by atoms with E-state index >= 15 is 0 Å². The lowest BCUT2D eigenvalue weighted by Crippen LogP contribution is -2.14. The predicted molar refractivity (Wildman–Crippen MR) is 77.8 cm³/mol.